The van der Waals surface area contributed by atoms with Gasteiger partial charge in [0.25, 0.3) is 0 Å². The number of nitrogens with zero attached hydrogens (tertiary/aromatic N) is 4. The highest BCUT2D eigenvalue weighted by Gasteiger charge is 2.57. The third kappa shape index (κ3) is 13.6. The smallest absolute Gasteiger partial charge is 0.462 e. The van der Waals surface area contributed by atoms with E-state index in [2.05, 4.69) is 21.9 Å². The number of nitrogens with two attached hydrogens (primary N) is 1. The normalized spacial score (nSPS) is 28.3. The van der Waals surface area contributed by atoms with Gasteiger partial charge in [-0.05, 0) is 18.2 Å². The Balaban J connectivity index is 1.48. The maximum Gasteiger partial charge on any atom is 0.481 e. The van der Waals surface area contributed by atoms with Gasteiger partial charge in [0.1, 0.15) is 42.9 Å². The maximum absolute atomic E-state index is 16.0. The van der Waals surface area contributed by atoms with E-state index in [1.54, 1.807) is 0 Å². The molecule has 332 valence electrons. The third-order valence-electron chi connectivity index (χ3n) is 8.78. The fourth-order valence-electron chi connectivity index (χ4n) is 6.19. The van der Waals surface area contributed by atoms with Crippen molar-refractivity contribution in [2.45, 2.75) is 134 Å². The average molecular weight is 904 g/mol. The van der Waals surface area contributed by atoms with Crippen molar-refractivity contribution in [1.82, 2.24) is 19.5 Å². The number of carbonyl (C=O) groups is 4. The van der Waals surface area contributed by atoms with E-state index < -0.39 is 113 Å². The van der Waals surface area contributed by atoms with E-state index in [4.69, 9.17) is 59.3 Å². The molecule has 23 nitrogen and oxygen atoms in total. The fraction of sp³-hybridized carbons (Fsp3) is 0.719. The molecule has 2 aromatic heterocycles. The molecule has 59 heavy (non-hydrogen) atoms. The van der Waals surface area contributed by atoms with E-state index in [0.29, 0.717) is 6.42 Å². The summed E-state index contributed by atoms with van der Waals surface area (Å²) in [5, 5.41) is 21.4. The van der Waals surface area contributed by atoms with Gasteiger partial charge in [-0.3, -0.25) is 28.3 Å². The molecule has 6 N–H and O–H groups in total. The molecule has 0 saturated carbocycles. The summed E-state index contributed by atoms with van der Waals surface area (Å²) in [5.74, 6) is -3.96. The predicted molar refractivity (Wildman–Crippen MR) is 199 cm³/mol. The number of anilines is 1. The van der Waals surface area contributed by atoms with Gasteiger partial charge in [0.05, 0.1) is 12.9 Å². The maximum atomic E-state index is 16.0. The highest BCUT2D eigenvalue weighted by Crippen LogP contribution is 2.62. The van der Waals surface area contributed by atoms with E-state index in [9.17, 15) is 43.7 Å². The molecule has 0 radical (unpaired) electrons. The molecule has 27 heteroatoms. The number of alkyl halides is 1. The molecule has 11 unspecified atom stereocenters. The monoisotopic (exact) mass is 903 g/mol. The van der Waals surface area contributed by atoms with Crippen LogP contribution in [-0.4, -0.2) is 132 Å². The Morgan fingerprint density at radius 1 is 0.932 bits per heavy atom. The number of esters is 4. The van der Waals surface area contributed by atoms with Gasteiger partial charge in [-0.1, -0.05) is 39.0 Å². The zero-order valence-corrected chi connectivity index (χ0v) is 34.9. The largest absolute Gasteiger partial charge is 0.481 e. The van der Waals surface area contributed by atoms with Gasteiger partial charge in [-0.25, -0.2) is 28.2 Å². The van der Waals surface area contributed by atoms with Crippen LogP contribution in [0.15, 0.2) is 12.7 Å². The van der Waals surface area contributed by atoms with Gasteiger partial charge in [0.15, 0.2) is 42.2 Å². The average Bonchev–Trinajstić information content (AvgIpc) is 3.69. The topological polar surface area (TPSA) is 319 Å². The minimum atomic E-state index is -5.75. The molecule has 4 heterocycles. The summed E-state index contributed by atoms with van der Waals surface area (Å²) in [4.78, 5) is 82.4. The first-order valence-electron chi connectivity index (χ1n) is 18.3. The molecular formula is C32H48FN5O18P2S. The molecule has 0 spiro atoms. The summed E-state index contributed by atoms with van der Waals surface area (Å²) in [6.45, 7) is -1.95. The number of aliphatic hydroxyl groups excluding tert-OH is 2. The van der Waals surface area contributed by atoms with Crippen LogP contribution in [0.1, 0.15) is 78.9 Å². The van der Waals surface area contributed by atoms with Gasteiger partial charge in [-0.15, -0.1) is 0 Å². The van der Waals surface area contributed by atoms with Crippen LogP contribution in [0.4, 0.5) is 10.2 Å². The van der Waals surface area contributed by atoms with Crippen molar-refractivity contribution in [1.29, 1.82) is 0 Å². The number of ether oxygens (including phenoxy) is 6. The quantitative estimate of drug-likeness (QED) is 0.0513. The van der Waals surface area contributed by atoms with Crippen LogP contribution in [0.2, 0.25) is 0 Å². The second kappa shape index (κ2) is 21.5. The lowest BCUT2D eigenvalue weighted by atomic mass is 9.95. The summed E-state index contributed by atoms with van der Waals surface area (Å²) in [6.07, 6.45) is -11.4. The number of hydrogen-bond acceptors (Lipinski definition) is 21. The van der Waals surface area contributed by atoms with Crippen molar-refractivity contribution in [2.75, 3.05) is 18.9 Å². The van der Waals surface area contributed by atoms with Crippen LogP contribution in [0.5, 0.6) is 0 Å². The molecule has 0 bridgehead atoms. The summed E-state index contributed by atoms with van der Waals surface area (Å²) in [7, 11) is -5.75. The standard InChI is InChI=1S/C32H48FN5O18P2S/c1-5-6-7-8-9-10-11-21(42)48-12-19(33)25-26(50-16(2)39)27(51-17(3)40)28(52-18(4)41)32(54-25)55-57(45,46)56-58(47,59)49-13-20-23(43)24(44)31(53-20)38-15-37-22-29(34)35-14-36-30(22)38/h14-15,19-20,23-28,31-32,43-44H,5-13H2,1-4H3,(H,45,46)(H,47,59)(H2,34,35,36)/t19-,20?,23?,24?,25?,26?,27?,28?,31?,32?,58?/m0/s1. The first-order chi connectivity index (χ1) is 27.7. The number of phosphoric acid groups is 1. The molecule has 12 atom stereocenters. The number of carbonyl (C=O) groups excluding carboxylic acids is 4. The molecule has 2 aliphatic heterocycles. The summed E-state index contributed by atoms with van der Waals surface area (Å²) in [6, 6.07) is 0. The molecule has 0 aliphatic carbocycles. The summed E-state index contributed by atoms with van der Waals surface area (Å²) in [5.41, 5.74) is 6.12. The minimum absolute atomic E-state index is 0.0268. The number of phosphoric ester groups is 1. The van der Waals surface area contributed by atoms with E-state index in [0.717, 1.165) is 59.2 Å². The number of rotatable bonds is 21. The van der Waals surface area contributed by atoms with Crippen LogP contribution >= 0.6 is 14.5 Å². The Kier molecular flexibility index (Phi) is 17.6. The number of aliphatic hydroxyl groups is 2. The minimum Gasteiger partial charge on any atom is -0.462 e. The first kappa shape index (κ1) is 48.3. The number of halogens is 1. The zero-order valence-electron chi connectivity index (χ0n) is 32.3. The Morgan fingerprint density at radius 3 is 2.22 bits per heavy atom. The third-order valence-corrected chi connectivity index (χ3v) is 12.3. The van der Waals surface area contributed by atoms with E-state index in [1.807, 2.05) is 0 Å². The Hall–Kier alpha value is -3.32. The van der Waals surface area contributed by atoms with Gasteiger partial charge >= 0.3 is 38.4 Å². The van der Waals surface area contributed by atoms with Crippen molar-refractivity contribution in [3.63, 3.8) is 0 Å². The van der Waals surface area contributed by atoms with Crippen molar-refractivity contribution in [3.8, 4) is 0 Å². The molecular weight excluding hydrogens is 855 g/mol. The van der Waals surface area contributed by atoms with E-state index in [-0.39, 0.29) is 23.4 Å². The van der Waals surface area contributed by atoms with Gasteiger partial charge in [0, 0.05) is 27.2 Å². The van der Waals surface area contributed by atoms with E-state index >= 15 is 4.39 Å². The van der Waals surface area contributed by atoms with Crippen LogP contribution in [0.25, 0.3) is 11.2 Å². The number of hydrogen-bond donors (Lipinski definition) is 5. The predicted octanol–water partition coefficient (Wildman–Crippen LogP) is 1.55. The lowest BCUT2D eigenvalue weighted by Gasteiger charge is -2.45. The van der Waals surface area contributed by atoms with Gasteiger partial charge in [0.2, 0.25) is 6.29 Å². The second-order valence-electron chi connectivity index (χ2n) is 13.5. The highest BCUT2D eigenvalue weighted by molar-refractivity contribution is 8.08. The Labute approximate surface area is 341 Å². The van der Waals surface area contributed by atoms with Crippen LogP contribution in [0, 0.1) is 0 Å². The fourth-order valence-corrected chi connectivity index (χ4v) is 9.29. The summed E-state index contributed by atoms with van der Waals surface area (Å²) >= 11 is 4.88. The molecule has 0 amide bonds. The van der Waals surface area contributed by atoms with Crippen molar-refractivity contribution >= 4 is 67.2 Å². The van der Waals surface area contributed by atoms with Crippen molar-refractivity contribution in [2.24, 2.45) is 0 Å². The van der Waals surface area contributed by atoms with Crippen molar-refractivity contribution < 1.29 is 89.9 Å². The molecule has 2 saturated heterocycles. The van der Waals surface area contributed by atoms with Crippen LogP contribution < -0.4 is 5.73 Å². The zero-order chi connectivity index (χ0) is 43.7. The molecule has 0 aromatic carbocycles. The Bertz CT molecular complexity index is 1880. The highest BCUT2D eigenvalue weighted by atomic mass is 32.5. The van der Waals surface area contributed by atoms with Gasteiger partial charge in [-0.2, -0.15) is 0 Å². The number of unbranched alkanes of at least 4 members (excludes halogenated alkanes) is 5. The number of nitrogen functional groups attached to an aromatic ring is 1. The van der Waals surface area contributed by atoms with E-state index in [1.165, 1.54) is 10.9 Å². The lowest BCUT2D eigenvalue weighted by molar-refractivity contribution is -0.296. The molecule has 2 fully saturated rings. The van der Waals surface area contributed by atoms with Crippen LogP contribution in [0.3, 0.4) is 0 Å². The second-order valence-corrected chi connectivity index (χ2v) is 17.8. The Morgan fingerprint density at radius 2 is 1.56 bits per heavy atom. The molecule has 2 aliphatic rings. The number of aromatic nitrogens is 4. The SMILES string of the molecule is CCCCCCCCC(=O)OC[C@H](F)C1OC(OP(=O)(O)OP(O)(=S)OCC2OC(n3cnc4c(N)ncnc43)C(O)C2O)C(OC(C)=O)C(OC(C)=O)C1OC(C)=O. The number of imidazole rings is 1. The summed E-state index contributed by atoms with van der Waals surface area (Å²) < 4.78 is 77.5. The number of fused-ring (bicyclic) bond motifs is 1. The molecule has 2 aromatic rings. The van der Waals surface area contributed by atoms with Crippen molar-refractivity contribution in [3.05, 3.63) is 12.7 Å². The lowest BCUT2D eigenvalue weighted by Crippen LogP contribution is -2.64. The molecule has 4 rings (SSSR count). The van der Waals surface area contributed by atoms with Crippen LogP contribution in [-0.2, 0) is 77.3 Å². The van der Waals surface area contributed by atoms with Gasteiger partial charge < -0.3 is 58.7 Å². The first-order valence-corrected chi connectivity index (χ1v) is 22.4.